The van der Waals surface area contributed by atoms with Gasteiger partial charge in [-0.05, 0) is 29.8 Å². The predicted octanol–water partition coefficient (Wildman–Crippen LogP) is 4.97. The molecule has 21 heavy (non-hydrogen) atoms. The van der Waals surface area contributed by atoms with E-state index in [-0.39, 0.29) is 5.75 Å². The van der Waals surface area contributed by atoms with E-state index < -0.39 is 6.36 Å². The Labute approximate surface area is 125 Å². The maximum Gasteiger partial charge on any atom is 0.573 e. The SMILES string of the molecule is CN(C)c1ccc(-c2ccc(OC(F)(F)F)cc2)c(Cl)c1. The van der Waals surface area contributed by atoms with Gasteiger partial charge >= 0.3 is 6.36 Å². The molecule has 0 N–H and O–H groups in total. The van der Waals surface area contributed by atoms with Crippen LogP contribution in [-0.4, -0.2) is 20.5 Å². The summed E-state index contributed by atoms with van der Waals surface area (Å²) in [5, 5.41) is 0.533. The van der Waals surface area contributed by atoms with Crippen molar-refractivity contribution >= 4 is 17.3 Å². The molecule has 0 saturated heterocycles. The van der Waals surface area contributed by atoms with E-state index in [9.17, 15) is 13.2 Å². The molecule has 2 aromatic carbocycles. The number of alkyl halides is 3. The quantitative estimate of drug-likeness (QED) is 0.792. The first kappa shape index (κ1) is 15.5. The summed E-state index contributed by atoms with van der Waals surface area (Å²) in [5.74, 6) is -0.257. The topological polar surface area (TPSA) is 12.5 Å². The number of halogens is 4. The van der Waals surface area contributed by atoms with Crippen molar-refractivity contribution in [2.24, 2.45) is 0 Å². The summed E-state index contributed by atoms with van der Waals surface area (Å²) in [6.45, 7) is 0. The molecule has 2 nitrogen and oxygen atoms in total. The van der Waals surface area contributed by atoms with Crippen LogP contribution >= 0.6 is 11.6 Å². The number of nitrogens with zero attached hydrogens (tertiary/aromatic N) is 1. The minimum atomic E-state index is -4.69. The molecule has 0 saturated carbocycles. The Hall–Kier alpha value is -1.88. The number of hydrogen-bond acceptors (Lipinski definition) is 2. The van der Waals surface area contributed by atoms with Gasteiger partial charge in [0.05, 0.1) is 5.02 Å². The molecule has 0 amide bonds. The highest BCUT2D eigenvalue weighted by Crippen LogP contribution is 2.32. The van der Waals surface area contributed by atoms with Crippen LogP contribution in [0.5, 0.6) is 5.75 Å². The monoisotopic (exact) mass is 315 g/mol. The summed E-state index contributed by atoms with van der Waals surface area (Å²) >= 11 is 6.22. The van der Waals surface area contributed by atoms with E-state index in [2.05, 4.69) is 4.74 Å². The van der Waals surface area contributed by atoms with Gasteiger partial charge in [0.2, 0.25) is 0 Å². The molecule has 0 bridgehead atoms. The number of ether oxygens (including phenoxy) is 1. The minimum Gasteiger partial charge on any atom is -0.406 e. The Bertz CT molecular complexity index is 624. The number of hydrogen-bond donors (Lipinski definition) is 0. The fraction of sp³-hybridized carbons (Fsp3) is 0.200. The van der Waals surface area contributed by atoms with Gasteiger partial charge in [-0.3, -0.25) is 0 Å². The standard InChI is InChI=1S/C15H13ClF3NO/c1-20(2)11-5-8-13(14(16)9-11)10-3-6-12(7-4-10)21-15(17,18)19/h3-9H,1-2H3. The van der Waals surface area contributed by atoms with Gasteiger partial charge in [-0.15, -0.1) is 13.2 Å². The molecular weight excluding hydrogens is 303 g/mol. The lowest BCUT2D eigenvalue weighted by Crippen LogP contribution is -2.16. The number of rotatable bonds is 3. The second kappa shape index (κ2) is 5.85. The molecule has 0 spiro atoms. The van der Waals surface area contributed by atoms with Crippen molar-refractivity contribution in [3.8, 4) is 16.9 Å². The normalized spacial score (nSPS) is 11.3. The molecule has 0 aliphatic heterocycles. The van der Waals surface area contributed by atoms with Crippen LogP contribution in [0.1, 0.15) is 0 Å². The van der Waals surface area contributed by atoms with Gasteiger partial charge in [-0.2, -0.15) is 0 Å². The van der Waals surface area contributed by atoms with Crippen LogP contribution in [0.4, 0.5) is 18.9 Å². The zero-order chi connectivity index (χ0) is 15.6. The summed E-state index contributed by atoms with van der Waals surface area (Å²) in [5.41, 5.74) is 2.42. The van der Waals surface area contributed by atoms with Gasteiger partial charge in [0, 0.05) is 25.3 Å². The van der Waals surface area contributed by atoms with Crippen LogP contribution in [0, 0.1) is 0 Å². The Morgan fingerprint density at radius 1 is 1.00 bits per heavy atom. The van der Waals surface area contributed by atoms with Gasteiger partial charge in [0.25, 0.3) is 0 Å². The third kappa shape index (κ3) is 4.04. The molecule has 6 heteroatoms. The smallest absolute Gasteiger partial charge is 0.406 e. The first-order chi connectivity index (χ1) is 9.76. The summed E-state index contributed by atoms with van der Waals surface area (Å²) in [6.07, 6.45) is -4.69. The van der Waals surface area contributed by atoms with Crippen molar-refractivity contribution in [2.45, 2.75) is 6.36 Å². The van der Waals surface area contributed by atoms with E-state index in [4.69, 9.17) is 11.6 Å². The van der Waals surface area contributed by atoms with Crippen LogP contribution in [0.2, 0.25) is 5.02 Å². The van der Waals surface area contributed by atoms with Crippen LogP contribution < -0.4 is 9.64 Å². The van der Waals surface area contributed by atoms with Gasteiger partial charge < -0.3 is 9.64 Å². The lowest BCUT2D eigenvalue weighted by Gasteiger charge is -2.14. The molecule has 0 heterocycles. The van der Waals surface area contributed by atoms with E-state index in [1.165, 1.54) is 24.3 Å². The van der Waals surface area contributed by atoms with Crippen LogP contribution in [-0.2, 0) is 0 Å². The molecule has 0 aliphatic carbocycles. The molecular formula is C15H13ClF3NO. The Kier molecular flexibility index (Phi) is 4.32. The van der Waals surface area contributed by atoms with Gasteiger partial charge in [-0.1, -0.05) is 29.8 Å². The van der Waals surface area contributed by atoms with Crippen molar-refractivity contribution < 1.29 is 17.9 Å². The lowest BCUT2D eigenvalue weighted by molar-refractivity contribution is -0.274. The largest absolute Gasteiger partial charge is 0.573 e. The Morgan fingerprint density at radius 2 is 1.62 bits per heavy atom. The average Bonchev–Trinajstić information content (AvgIpc) is 2.38. The van der Waals surface area contributed by atoms with Gasteiger partial charge in [-0.25, -0.2) is 0 Å². The number of benzene rings is 2. The van der Waals surface area contributed by atoms with Gasteiger partial charge in [0.15, 0.2) is 0 Å². The van der Waals surface area contributed by atoms with Crippen LogP contribution in [0.25, 0.3) is 11.1 Å². The Balaban J connectivity index is 2.27. The molecule has 0 radical (unpaired) electrons. The maximum atomic E-state index is 12.1. The van der Waals surface area contributed by atoms with Crippen LogP contribution in [0.3, 0.4) is 0 Å². The Morgan fingerprint density at radius 3 is 2.10 bits per heavy atom. The highest BCUT2D eigenvalue weighted by atomic mass is 35.5. The van der Waals surface area contributed by atoms with Crippen molar-refractivity contribution in [1.82, 2.24) is 0 Å². The van der Waals surface area contributed by atoms with Crippen molar-refractivity contribution in [1.29, 1.82) is 0 Å². The fourth-order valence-electron chi connectivity index (χ4n) is 1.85. The van der Waals surface area contributed by atoms with E-state index in [0.29, 0.717) is 5.02 Å². The highest BCUT2D eigenvalue weighted by molar-refractivity contribution is 6.33. The second-order valence-corrected chi connectivity index (χ2v) is 5.04. The third-order valence-corrected chi connectivity index (χ3v) is 3.18. The van der Waals surface area contributed by atoms with E-state index in [1.807, 2.05) is 31.1 Å². The molecule has 0 fully saturated rings. The first-order valence-electron chi connectivity index (χ1n) is 6.09. The molecule has 0 aliphatic rings. The van der Waals surface area contributed by atoms with E-state index >= 15 is 0 Å². The number of anilines is 1. The highest BCUT2D eigenvalue weighted by Gasteiger charge is 2.30. The zero-order valence-electron chi connectivity index (χ0n) is 11.4. The first-order valence-corrected chi connectivity index (χ1v) is 6.47. The summed E-state index contributed by atoms with van der Waals surface area (Å²) in [7, 11) is 3.79. The average molecular weight is 316 g/mol. The van der Waals surface area contributed by atoms with Crippen molar-refractivity contribution in [2.75, 3.05) is 19.0 Å². The van der Waals surface area contributed by atoms with E-state index in [1.54, 1.807) is 6.07 Å². The predicted molar refractivity (Wildman–Crippen MR) is 77.9 cm³/mol. The van der Waals surface area contributed by atoms with Gasteiger partial charge in [0.1, 0.15) is 5.75 Å². The fourth-order valence-corrected chi connectivity index (χ4v) is 2.14. The molecule has 112 valence electrons. The summed E-state index contributed by atoms with van der Waals surface area (Å²) in [4.78, 5) is 1.91. The molecule has 0 atom stereocenters. The third-order valence-electron chi connectivity index (χ3n) is 2.87. The second-order valence-electron chi connectivity index (χ2n) is 4.63. The molecule has 2 aromatic rings. The molecule has 2 rings (SSSR count). The maximum absolute atomic E-state index is 12.1. The van der Waals surface area contributed by atoms with Crippen molar-refractivity contribution in [3.63, 3.8) is 0 Å². The van der Waals surface area contributed by atoms with Crippen LogP contribution in [0.15, 0.2) is 42.5 Å². The van der Waals surface area contributed by atoms with Crippen molar-refractivity contribution in [3.05, 3.63) is 47.5 Å². The summed E-state index contributed by atoms with van der Waals surface area (Å²) in [6, 6.07) is 11.1. The zero-order valence-corrected chi connectivity index (χ0v) is 12.2. The van der Waals surface area contributed by atoms with E-state index in [0.717, 1.165) is 16.8 Å². The summed E-state index contributed by atoms with van der Waals surface area (Å²) < 4.78 is 40.1. The molecule has 0 unspecified atom stereocenters. The lowest BCUT2D eigenvalue weighted by atomic mass is 10.0. The minimum absolute atomic E-state index is 0.257. The molecule has 0 aromatic heterocycles.